The van der Waals surface area contributed by atoms with E-state index >= 15 is 0 Å². The summed E-state index contributed by atoms with van der Waals surface area (Å²) in [6, 6.07) is 6.28. The molecular formula is C21H21NO5. The Balaban J connectivity index is 2.04. The van der Waals surface area contributed by atoms with Gasteiger partial charge in [0.1, 0.15) is 0 Å². The number of benzene rings is 3. The fourth-order valence-corrected chi connectivity index (χ4v) is 4.29. The third kappa shape index (κ3) is 2.07. The van der Waals surface area contributed by atoms with Gasteiger partial charge in [-0.05, 0) is 30.2 Å². The molecule has 6 nitrogen and oxygen atoms in total. The molecule has 0 spiro atoms. The second kappa shape index (κ2) is 5.74. The van der Waals surface area contributed by atoms with E-state index in [0.29, 0.717) is 17.2 Å². The molecule has 0 saturated heterocycles. The Morgan fingerprint density at radius 1 is 0.889 bits per heavy atom. The van der Waals surface area contributed by atoms with Crippen molar-refractivity contribution >= 4 is 27.2 Å². The van der Waals surface area contributed by atoms with Crippen LogP contribution in [0.2, 0.25) is 0 Å². The van der Waals surface area contributed by atoms with Crippen LogP contribution in [0.5, 0.6) is 28.7 Å². The van der Waals surface area contributed by atoms with Gasteiger partial charge in [-0.2, -0.15) is 0 Å². The third-order valence-corrected chi connectivity index (χ3v) is 5.55. The average molecular weight is 367 g/mol. The molecule has 0 bridgehead atoms. The SMILES string of the molecule is COc1cc2c(cc3c4c(cc5c(c42)OCO5)CCN3C)c(OC)c1OC. The van der Waals surface area contributed by atoms with Crippen LogP contribution in [0.15, 0.2) is 18.2 Å². The van der Waals surface area contributed by atoms with Crippen LogP contribution in [0.25, 0.3) is 21.5 Å². The van der Waals surface area contributed by atoms with E-state index in [2.05, 4.69) is 24.1 Å². The number of hydrogen-bond acceptors (Lipinski definition) is 6. The van der Waals surface area contributed by atoms with Gasteiger partial charge in [-0.3, -0.25) is 0 Å². The molecule has 0 atom stereocenters. The summed E-state index contributed by atoms with van der Waals surface area (Å²) < 4.78 is 28.5. The Kier molecular flexibility index (Phi) is 3.44. The predicted molar refractivity (Wildman–Crippen MR) is 104 cm³/mol. The lowest BCUT2D eigenvalue weighted by atomic mass is 9.90. The van der Waals surface area contributed by atoms with Crippen LogP contribution in [-0.4, -0.2) is 41.7 Å². The van der Waals surface area contributed by atoms with Crippen molar-refractivity contribution in [2.45, 2.75) is 6.42 Å². The third-order valence-electron chi connectivity index (χ3n) is 5.55. The van der Waals surface area contributed by atoms with Gasteiger partial charge in [-0.1, -0.05) is 0 Å². The summed E-state index contributed by atoms with van der Waals surface area (Å²) in [7, 11) is 7.01. The van der Waals surface area contributed by atoms with Gasteiger partial charge in [0.15, 0.2) is 23.0 Å². The van der Waals surface area contributed by atoms with Crippen molar-refractivity contribution in [3.63, 3.8) is 0 Å². The van der Waals surface area contributed by atoms with Crippen LogP contribution in [0.4, 0.5) is 5.69 Å². The van der Waals surface area contributed by atoms with E-state index in [0.717, 1.165) is 46.3 Å². The fraction of sp³-hybridized carbons (Fsp3) is 0.333. The van der Waals surface area contributed by atoms with Crippen LogP contribution < -0.4 is 28.6 Å². The zero-order valence-corrected chi connectivity index (χ0v) is 15.8. The van der Waals surface area contributed by atoms with E-state index in [1.165, 1.54) is 10.9 Å². The number of methoxy groups -OCH3 is 3. The van der Waals surface area contributed by atoms with Gasteiger partial charge in [-0.15, -0.1) is 0 Å². The van der Waals surface area contributed by atoms with E-state index < -0.39 is 0 Å². The molecule has 6 heteroatoms. The highest BCUT2D eigenvalue weighted by atomic mass is 16.7. The normalized spacial score (nSPS) is 14.7. The maximum absolute atomic E-state index is 5.88. The number of nitrogens with zero attached hydrogens (tertiary/aromatic N) is 1. The van der Waals surface area contributed by atoms with Gasteiger partial charge in [0.05, 0.1) is 21.3 Å². The molecule has 5 rings (SSSR count). The summed E-state index contributed by atoms with van der Waals surface area (Å²) in [5.74, 6) is 3.45. The number of likely N-dealkylation sites (N-methyl/N-ethyl adjacent to an activating group) is 1. The molecule has 2 heterocycles. The zero-order valence-electron chi connectivity index (χ0n) is 15.8. The van der Waals surface area contributed by atoms with Crippen molar-refractivity contribution in [3.05, 3.63) is 23.8 Å². The number of hydrogen-bond donors (Lipinski definition) is 0. The summed E-state index contributed by atoms with van der Waals surface area (Å²) in [6.07, 6.45) is 0.965. The Morgan fingerprint density at radius 3 is 2.44 bits per heavy atom. The molecule has 0 aliphatic carbocycles. The predicted octanol–water partition coefficient (Wildman–Crippen LogP) is 3.74. The lowest BCUT2D eigenvalue weighted by molar-refractivity contribution is 0.175. The van der Waals surface area contributed by atoms with E-state index in [-0.39, 0.29) is 6.79 Å². The average Bonchev–Trinajstić information content (AvgIpc) is 3.16. The molecule has 0 fully saturated rings. The van der Waals surface area contributed by atoms with Gasteiger partial charge in [0.25, 0.3) is 0 Å². The van der Waals surface area contributed by atoms with Crippen molar-refractivity contribution in [1.82, 2.24) is 0 Å². The minimum Gasteiger partial charge on any atom is -0.493 e. The molecule has 0 aromatic heterocycles. The lowest BCUT2D eigenvalue weighted by Crippen LogP contribution is -2.24. The monoisotopic (exact) mass is 367 g/mol. The lowest BCUT2D eigenvalue weighted by Gasteiger charge is -2.29. The molecule has 3 aromatic rings. The summed E-state index contributed by atoms with van der Waals surface area (Å²) in [4.78, 5) is 2.27. The molecule has 27 heavy (non-hydrogen) atoms. The highest BCUT2D eigenvalue weighted by Crippen LogP contribution is 2.53. The molecule has 0 saturated carbocycles. The molecule has 2 aliphatic heterocycles. The topological polar surface area (TPSA) is 49.4 Å². The van der Waals surface area contributed by atoms with Gasteiger partial charge >= 0.3 is 0 Å². The van der Waals surface area contributed by atoms with Gasteiger partial charge in [0, 0.05) is 40.8 Å². The van der Waals surface area contributed by atoms with Crippen molar-refractivity contribution < 1.29 is 23.7 Å². The summed E-state index contributed by atoms with van der Waals surface area (Å²) >= 11 is 0. The first-order valence-corrected chi connectivity index (χ1v) is 8.90. The largest absolute Gasteiger partial charge is 0.493 e. The highest BCUT2D eigenvalue weighted by molar-refractivity contribution is 6.20. The second-order valence-electron chi connectivity index (χ2n) is 6.83. The number of ether oxygens (including phenoxy) is 5. The maximum atomic E-state index is 5.88. The smallest absolute Gasteiger partial charge is 0.231 e. The highest BCUT2D eigenvalue weighted by Gasteiger charge is 2.29. The van der Waals surface area contributed by atoms with E-state index in [4.69, 9.17) is 23.7 Å². The standard InChI is InChI=1S/C21H21NO5/c1-22-6-5-11-7-16-20(27-10-26-16)18-12-9-15(23-2)21(25-4)19(24-3)13(12)8-14(22)17(11)18/h7-9H,5-6,10H2,1-4H3. The quantitative estimate of drug-likeness (QED) is 0.658. The van der Waals surface area contributed by atoms with Crippen LogP contribution in [0, 0.1) is 0 Å². The number of anilines is 1. The molecular weight excluding hydrogens is 346 g/mol. The Bertz CT molecular complexity index is 1090. The van der Waals surface area contributed by atoms with Crippen molar-refractivity contribution in [3.8, 4) is 28.7 Å². The van der Waals surface area contributed by atoms with Crippen molar-refractivity contribution in [2.75, 3.05) is 46.6 Å². The summed E-state index contributed by atoms with van der Waals surface area (Å²) in [5.41, 5.74) is 2.43. The van der Waals surface area contributed by atoms with Crippen LogP contribution in [0.3, 0.4) is 0 Å². The summed E-state index contributed by atoms with van der Waals surface area (Å²) in [6.45, 7) is 1.18. The molecule has 140 valence electrons. The number of fused-ring (bicyclic) bond motifs is 4. The van der Waals surface area contributed by atoms with Gasteiger partial charge in [0.2, 0.25) is 12.5 Å². The van der Waals surface area contributed by atoms with Gasteiger partial charge in [-0.25, -0.2) is 0 Å². The summed E-state index contributed by atoms with van der Waals surface area (Å²) in [5, 5.41) is 4.21. The molecule has 0 amide bonds. The molecule has 0 unspecified atom stereocenters. The van der Waals surface area contributed by atoms with Crippen molar-refractivity contribution in [1.29, 1.82) is 0 Å². The van der Waals surface area contributed by atoms with Gasteiger partial charge < -0.3 is 28.6 Å². The second-order valence-corrected chi connectivity index (χ2v) is 6.83. The first-order chi connectivity index (χ1) is 13.2. The Hall–Kier alpha value is -3.02. The van der Waals surface area contributed by atoms with E-state index in [9.17, 15) is 0 Å². The van der Waals surface area contributed by atoms with E-state index in [1.54, 1.807) is 21.3 Å². The molecule has 3 aromatic carbocycles. The first kappa shape index (κ1) is 16.2. The zero-order chi connectivity index (χ0) is 18.7. The van der Waals surface area contributed by atoms with E-state index in [1.807, 2.05) is 6.07 Å². The Morgan fingerprint density at radius 2 is 1.70 bits per heavy atom. The molecule has 2 aliphatic rings. The van der Waals surface area contributed by atoms with Crippen LogP contribution in [0.1, 0.15) is 5.56 Å². The van der Waals surface area contributed by atoms with Crippen molar-refractivity contribution in [2.24, 2.45) is 0 Å². The number of rotatable bonds is 3. The fourth-order valence-electron chi connectivity index (χ4n) is 4.29. The minimum atomic E-state index is 0.236. The molecule has 0 N–H and O–H groups in total. The minimum absolute atomic E-state index is 0.236. The van der Waals surface area contributed by atoms with Crippen LogP contribution in [-0.2, 0) is 6.42 Å². The molecule has 0 radical (unpaired) electrons. The van der Waals surface area contributed by atoms with Crippen LogP contribution >= 0.6 is 0 Å². The Labute approximate surface area is 157 Å². The first-order valence-electron chi connectivity index (χ1n) is 8.90. The maximum Gasteiger partial charge on any atom is 0.231 e.